The molecule has 0 bridgehead atoms. The molecule has 4 nitrogen and oxygen atoms in total. The van der Waals surface area contributed by atoms with E-state index in [2.05, 4.69) is 27.4 Å². The zero-order chi connectivity index (χ0) is 12.2. The normalized spacial score (nSPS) is 23.1. The van der Waals surface area contributed by atoms with Crippen LogP contribution in [0.5, 0.6) is 0 Å². The van der Waals surface area contributed by atoms with Crippen LogP contribution < -0.4 is 5.32 Å². The van der Waals surface area contributed by atoms with E-state index in [1.165, 1.54) is 5.56 Å². The molecule has 0 aromatic carbocycles. The first-order chi connectivity index (χ1) is 8.92. The molecule has 0 unspecified atom stereocenters. The molecule has 0 radical (unpaired) electrons. The van der Waals surface area contributed by atoms with E-state index in [1.807, 2.05) is 24.0 Å². The Kier molecular flexibility index (Phi) is 3.52. The Morgan fingerprint density at radius 2 is 2.17 bits per heavy atom. The van der Waals surface area contributed by atoms with Crippen LogP contribution >= 0.6 is 11.3 Å². The Morgan fingerprint density at radius 3 is 2.94 bits per heavy atom. The molecule has 18 heavy (non-hydrogen) atoms. The summed E-state index contributed by atoms with van der Waals surface area (Å²) in [5.41, 5.74) is 1.31. The Hall–Kier alpha value is -1.46. The maximum absolute atomic E-state index is 5.59. The molecule has 0 amide bonds. The lowest BCUT2D eigenvalue weighted by atomic mass is 9.95. The molecule has 1 N–H and O–H groups in total. The van der Waals surface area contributed by atoms with Gasteiger partial charge in [-0.05, 0) is 24.1 Å². The van der Waals surface area contributed by atoms with Crippen molar-refractivity contribution in [3.63, 3.8) is 0 Å². The molecule has 1 aliphatic heterocycles. The van der Waals surface area contributed by atoms with E-state index in [4.69, 9.17) is 4.74 Å². The molecule has 3 heterocycles. The predicted octanol–water partition coefficient (Wildman–Crippen LogP) is 2.21. The van der Waals surface area contributed by atoms with E-state index in [0.717, 1.165) is 24.8 Å². The number of rotatable bonds is 4. The summed E-state index contributed by atoms with van der Waals surface area (Å²) in [7, 11) is 0. The number of anilines is 1. The highest BCUT2D eigenvalue weighted by Crippen LogP contribution is 2.23. The quantitative estimate of drug-likeness (QED) is 0.916. The van der Waals surface area contributed by atoms with Crippen molar-refractivity contribution in [1.82, 2.24) is 9.97 Å². The zero-order valence-electron chi connectivity index (χ0n) is 9.95. The minimum atomic E-state index is 0.351. The maximum atomic E-state index is 5.59. The number of hydrogen-bond acceptors (Lipinski definition) is 5. The predicted molar refractivity (Wildman–Crippen MR) is 71.8 cm³/mol. The molecular formula is C13H15N3OS. The van der Waals surface area contributed by atoms with Gasteiger partial charge in [0, 0.05) is 29.9 Å². The van der Waals surface area contributed by atoms with Crippen molar-refractivity contribution >= 4 is 16.5 Å². The number of nitrogens with one attached hydrogen (secondary N) is 1. The van der Waals surface area contributed by atoms with Crippen LogP contribution in [0, 0.1) is 5.92 Å². The minimum absolute atomic E-state index is 0.351. The lowest BCUT2D eigenvalue weighted by Crippen LogP contribution is -2.29. The summed E-state index contributed by atoms with van der Waals surface area (Å²) in [4.78, 5) is 8.31. The summed E-state index contributed by atoms with van der Waals surface area (Å²) in [6, 6.07) is 4.49. The van der Waals surface area contributed by atoms with Gasteiger partial charge in [-0.1, -0.05) is 0 Å². The third-order valence-electron chi connectivity index (χ3n) is 3.19. The highest BCUT2D eigenvalue weighted by Gasteiger charge is 2.28. The van der Waals surface area contributed by atoms with Gasteiger partial charge in [0.2, 0.25) is 0 Å². The van der Waals surface area contributed by atoms with Gasteiger partial charge in [0.25, 0.3) is 0 Å². The van der Waals surface area contributed by atoms with Gasteiger partial charge in [-0.15, -0.1) is 11.3 Å². The van der Waals surface area contributed by atoms with Crippen molar-refractivity contribution < 1.29 is 4.74 Å². The van der Waals surface area contributed by atoms with Gasteiger partial charge in [-0.2, -0.15) is 0 Å². The number of nitrogens with zero attached hydrogens (tertiary/aromatic N) is 2. The van der Waals surface area contributed by atoms with Crippen LogP contribution in [0.25, 0.3) is 0 Å². The first kappa shape index (κ1) is 11.6. The largest absolute Gasteiger partial charge is 0.379 e. The van der Waals surface area contributed by atoms with E-state index in [0.29, 0.717) is 12.0 Å². The first-order valence-corrected chi connectivity index (χ1v) is 6.92. The molecule has 0 saturated carbocycles. The average Bonchev–Trinajstić information content (AvgIpc) is 3.04. The molecule has 1 fully saturated rings. The van der Waals surface area contributed by atoms with E-state index in [-0.39, 0.29) is 0 Å². The molecule has 2 atom stereocenters. The van der Waals surface area contributed by atoms with Crippen LogP contribution in [0.3, 0.4) is 0 Å². The van der Waals surface area contributed by atoms with Crippen molar-refractivity contribution in [1.29, 1.82) is 0 Å². The van der Waals surface area contributed by atoms with Gasteiger partial charge in [0.05, 0.1) is 19.3 Å². The second kappa shape index (κ2) is 5.46. The van der Waals surface area contributed by atoms with Crippen LogP contribution in [-0.2, 0) is 11.2 Å². The third-order valence-corrected chi connectivity index (χ3v) is 3.89. The molecular weight excluding hydrogens is 246 g/mol. The van der Waals surface area contributed by atoms with E-state index in [9.17, 15) is 0 Å². The minimum Gasteiger partial charge on any atom is -0.379 e. The number of aromatic nitrogens is 2. The monoisotopic (exact) mass is 261 g/mol. The fourth-order valence-corrected chi connectivity index (χ4v) is 2.83. The van der Waals surface area contributed by atoms with Gasteiger partial charge in [-0.3, -0.25) is 4.98 Å². The Morgan fingerprint density at radius 1 is 1.28 bits per heavy atom. The summed E-state index contributed by atoms with van der Waals surface area (Å²) in [5.74, 6) is 0.497. The molecule has 1 aliphatic rings. The number of ether oxygens (including phenoxy) is 1. The van der Waals surface area contributed by atoms with Crippen LogP contribution in [-0.4, -0.2) is 29.2 Å². The summed E-state index contributed by atoms with van der Waals surface area (Å²) in [6.45, 7) is 1.57. The van der Waals surface area contributed by atoms with E-state index >= 15 is 0 Å². The third kappa shape index (κ3) is 2.68. The lowest BCUT2D eigenvalue weighted by Gasteiger charge is -2.18. The van der Waals surface area contributed by atoms with E-state index < -0.39 is 0 Å². The summed E-state index contributed by atoms with van der Waals surface area (Å²) >= 11 is 1.63. The van der Waals surface area contributed by atoms with E-state index in [1.54, 1.807) is 11.3 Å². The van der Waals surface area contributed by atoms with Gasteiger partial charge in [0.1, 0.15) is 0 Å². The Labute approximate surface area is 110 Å². The molecule has 5 heteroatoms. The van der Waals surface area contributed by atoms with Crippen LogP contribution in [0.4, 0.5) is 5.13 Å². The highest BCUT2D eigenvalue weighted by atomic mass is 32.1. The standard InChI is InChI=1S/C13H15N3OS/c1-3-14-4-2-10(1)7-11-8-17-9-12(11)16-13-15-5-6-18-13/h1-6,11-12H,7-9H2,(H,15,16)/t11-,12+/m1/s1. The van der Waals surface area contributed by atoms with Crippen molar-refractivity contribution in [3.8, 4) is 0 Å². The zero-order valence-corrected chi connectivity index (χ0v) is 10.8. The van der Waals surface area contributed by atoms with Gasteiger partial charge in [0.15, 0.2) is 5.13 Å². The molecule has 2 aromatic rings. The fraction of sp³-hybridized carbons (Fsp3) is 0.385. The van der Waals surface area contributed by atoms with Crippen molar-refractivity contribution in [2.75, 3.05) is 18.5 Å². The van der Waals surface area contributed by atoms with Gasteiger partial charge >= 0.3 is 0 Å². The maximum Gasteiger partial charge on any atom is 0.182 e. The summed E-state index contributed by atoms with van der Waals surface area (Å²) < 4.78 is 5.59. The van der Waals surface area contributed by atoms with Gasteiger partial charge in [-0.25, -0.2) is 4.98 Å². The molecule has 0 spiro atoms. The van der Waals surface area contributed by atoms with Gasteiger partial charge < -0.3 is 10.1 Å². The SMILES string of the molecule is c1cc(C[C@@H]2COC[C@@H]2Nc2nccs2)ccn1. The van der Waals surface area contributed by atoms with Crippen molar-refractivity contribution in [2.24, 2.45) is 5.92 Å². The average molecular weight is 261 g/mol. The highest BCUT2D eigenvalue weighted by molar-refractivity contribution is 7.13. The fourth-order valence-electron chi connectivity index (χ4n) is 2.23. The summed E-state index contributed by atoms with van der Waals surface area (Å²) in [6.07, 6.45) is 6.52. The second-order valence-electron chi connectivity index (χ2n) is 4.45. The first-order valence-electron chi connectivity index (χ1n) is 6.04. The lowest BCUT2D eigenvalue weighted by molar-refractivity contribution is 0.185. The number of thiazole rings is 1. The van der Waals surface area contributed by atoms with Crippen LogP contribution in [0.15, 0.2) is 36.1 Å². The molecule has 1 saturated heterocycles. The van der Waals surface area contributed by atoms with Crippen LogP contribution in [0.2, 0.25) is 0 Å². The molecule has 0 aliphatic carbocycles. The molecule has 94 valence electrons. The summed E-state index contributed by atoms with van der Waals surface area (Å²) in [5, 5.41) is 6.42. The van der Waals surface area contributed by atoms with Crippen molar-refractivity contribution in [3.05, 3.63) is 41.7 Å². The second-order valence-corrected chi connectivity index (χ2v) is 5.34. The Balaban J connectivity index is 1.64. The molecule has 3 rings (SSSR count). The molecule has 2 aromatic heterocycles. The van der Waals surface area contributed by atoms with Crippen molar-refractivity contribution in [2.45, 2.75) is 12.5 Å². The number of hydrogen-bond donors (Lipinski definition) is 1. The topological polar surface area (TPSA) is 47.0 Å². The van der Waals surface area contributed by atoms with Crippen LogP contribution in [0.1, 0.15) is 5.56 Å². The number of pyridine rings is 1. The smallest absolute Gasteiger partial charge is 0.182 e. The Bertz CT molecular complexity index is 474.